The summed E-state index contributed by atoms with van der Waals surface area (Å²) in [6, 6.07) is 9.31. The molecule has 2 bridgehead atoms. The highest BCUT2D eigenvalue weighted by Gasteiger charge is 2.86. The van der Waals surface area contributed by atoms with E-state index in [-0.39, 0.29) is 29.7 Å². The fourth-order valence-electron chi connectivity index (χ4n) is 6.66. The van der Waals surface area contributed by atoms with Crippen LogP contribution >= 0.6 is 0 Å². The van der Waals surface area contributed by atoms with Gasteiger partial charge in [-0.15, -0.1) is 0 Å². The van der Waals surface area contributed by atoms with Crippen molar-refractivity contribution < 1.29 is 73.2 Å². The van der Waals surface area contributed by atoms with Gasteiger partial charge < -0.3 is 49.2 Å². The van der Waals surface area contributed by atoms with Gasteiger partial charge in [0.15, 0.2) is 6.10 Å². The number of fused-ring (bicyclic) bond motifs is 2. The van der Waals surface area contributed by atoms with E-state index >= 15 is 0 Å². The van der Waals surface area contributed by atoms with Crippen LogP contribution in [0.1, 0.15) is 59.4 Å². The Balaban J connectivity index is 2.04. The molecule has 2 fully saturated rings. The largest absolute Gasteiger partial charge is 0.479 e. The number of carbonyl (C=O) groups excluding carboxylic acids is 3. The van der Waals surface area contributed by atoms with Crippen LogP contribution in [0.5, 0.6) is 0 Å². The highest BCUT2D eigenvalue weighted by molar-refractivity contribution is 5.98. The molecule has 0 aliphatic carbocycles. The van der Waals surface area contributed by atoms with Crippen LogP contribution in [0.2, 0.25) is 0 Å². The third-order valence-electron chi connectivity index (χ3n) is 9.57. The summed E-state index contributed by atoms with van der Waals surface area (Å²) in [5.41, 5.74) is -6.11. The van der Waals surface area contributed by atoms with Gasteiger partial charge in [0, 0.05) is 25.3 Å². The fourth-order valence-corrected chi connectivity index (χ4v) is 6.66. The van der Waals surface area contributed by atoms with Crippen LogP contribution in [0.4, 0.5) is 0 Å². The van der Waals surface area contributed by atoms with Crippen molar-refractivity contribution in [1.82, 2.24) is 0 Å². The Kier molecular flexibility index (Phi) is 13.3. The monoisotopic (exact) mass is 720 g/mol. The average Bonchev–Trinajstić information content (AvgIpc) is 3.28. The molecule has 2 heterocycles. The topological polar surface area (TPSA) is 233 Å². The Morgan fingerprint density at radius 1 is 1.02 bits per heavy atom. The van der Waals surface area contributed by atoms with Gasteiger partial charge in [-0.05, 0) is 49.2 Å². The van der Waals surface area contributed by atoms with E-state index in [9.17, 15) is 49.5 Å². The van der Waals surface area contributed by atoms with Crippen molar-refractivity contribution in [1.29, 1.82) is 0 Å². The van der Waals surface area contributed by atoms with Gasteiger partial charge in [-0.1, -0.05) is 63.8 Å². The number of carbonyl (C=O) groups is 5. The number of hydrogen-bond donors (Lipinski definition) is 5. The highest BCUT2D eigenvalue weighted by Crippen LogP contribution is 2.56. The molecule has 11 atom stereocenters. The number of benzene rings is 1. The molecule has 0 unspecified atom stereocenters. The second-order valence-electron chi connectivity index (χ2n) is 13.5. The molecule has 15 heteroatoms. The Labute approximate surface area is 295 Å². The molecule has 2 aliphatic heterocycles. The van der Waals surface area contributed by atoms with E-state index < -0.39 is 83.8 Å². The first-order valence-electron chi connectivity index (χ1n) is 16.6. The lowest BCUT2D eigenvalue weighted by Crippen LogP contribution is -2.78. The number of ether oxygens (including phenoxy) is 5. The van der Waals surface area contributed by atoms with Crippen molar-refractivity contribution in [2.24, 2.45) is 17.8 Å². The second kappa shape index (κ2) is 16.5. The molecular formula is C36H48O15. The van der Waals surface area contributed by atoms with Gasteiger partial charge in [0.2, 0.25) is 23.1 Å². The number of carboxylic acids is 2. The summed E-state index contributed by atoms with van der Waals surface area (Å²) in [4.78, 5) is 64.0. The number of esters is 3. The second-order valence-corrected chi connectivity index (χ2v) is 13.5. The minimum Gasteiger partial charge on any atom is -0.479 e. The zero-order valence-electron chi connectivity index (χ0n) is 29.5. The standard InChI is InChI=1S/C36H48O15/c1-19(17-21(3)23(5)37)13-14-26(39)49-29-28(40)34(50-30(31(41)47-7)35(46,32(42)43)36(29,51-34)33(44)45)16-15-20(2)27(48-24(6)38)22(4)18-25-11-9-8-10-12-25/h8-14,19,21-23,27-30,37,40,46H,2,15-18H2,1,3-7H3,(H,42,43)(H,44,45)/b14-13+/t19-,21-,22-,23+,27-,28-,29-,30-,34+,35-,36+/m1/s1. The minimum atomic E-state index is -3.80. The van der Waals surface area contributed by atoms with Crippen LogP contribution < -0.4 is 0 Å². The number of methoxy groups -OCH3 is 1. The van der Waals surface area contributed by atoms with Crippen molar-refractivity contribution in [3.8, 4) is 0 Å². The number of aliphatic hydroxyl groups excluding tert-OH is 2. The Bertz CT molecular complexity index is 1490. The molecule has 5 N–H and O–H groups in total. The van der Waals surface area contributed by atoms with E-state index in [0.29, 0.717) is 12.8 Å². The molecule has 282 valence electrons. The van der Waals surface area contributed by atoms with Gasteiger partial charge in [0.25, 0.3) is 0 Å². The lowest BCUT2D eigenvalue weighted by atomic mass is 9.74. The molecule has 1 aromatic carbocycles. The molecule has 0 saturated carbocycles. The third-order valence-corrected chi connectivity index (χ3v) is 9.57. The summed E-state index contributed by atoms with van der Waals surface area (Å²) in [6.07, 6.45) is -6.42. The molecule has 1 aromatic rings. The van der Waals surface area contributed by atoms with E-state index in [1.165, 1.54) is 13.0 Å². The summed E-state index contributed by atoms with van der Waals surface area (Å²) in [5, 5.41) is 53.9. The van der Waals surface area contributed by atoms with E-state index in [0.717, 1.165) is 18.7 Å². The normalized spacial score (nSPS) is 30.0. The van der Waals surface area contributed by atoms with Crippen molar-refractivity contribution in [3.63, 3.8) is 0 Å². The molecular weight excluding hydrogens is 672 g/mol. The third kappa shape index (κ3) is 8.33. The predicted molar refractivity (Wildman–Crippen MR) is 177 cm³/mol. The van der Waals surface area contributed by atoms with E-state index in [1.54, 1.807) is 20.8 Å². The Morgan fingerprint density at radius 3 is 2.18 bits per heavy atom. The van der Waals surface area contributed by atoms with Crippen molar-refractivity contribution >= 4 is 29.8 Å². The van der Waals surface area contributed by atoms with E-state index in [1.807, 2.05) is 37.3 Å². The van der Waals surface area contributed by atoms with Crippen molar-refractivity contribution in [2.75, 3.05) is 7.11 Å². The number of carboxylic acid groups (broad SMARTS) is 2. The van der Waals surface area contributed by atoms with Gasteiger partial charge in [-0.2, -0.15) is 0 Å². The number of rotatable bonds is 17. The van der Waals surface area contributed by atoms with Crippen LogP contribution in [0.25, 0.3) is 0 Å². The molecule has 0 radical (unpaired) electrons. The number of allylic oxidation sites excluding steroid dienone is 1. The summed E-state index contributed by atoms with van der Waals surface area (Å²) in [6.45, 7) is 12.2. The maximum Gasteiger partial charge on any atom is 0.344 e. The molecule has 3 rings (SSSR count). The molecule has 2 saturated heterocycles. The molecule has 2 aliphatic rings. The van der Waals surface area contributed by atoms with Crippen LogP contribution in [-0.2, 0) is 54.1 Å². The van der Waals surface area contributed by atoms with Gasteiger partial charge in [-0.25, -0.2) is 19.2 Å². The molecule has 15 nitrogen and oxygen atoms in total. The van der Waals surface area contributed by atoms with Crippen LogP contribution in [0.3, 0.4) is 0 Å². The maximum absolute atomic E-state index is 13.1. The molecule has 0 amide bonds. The highest BCUT2D eigenvalue weighted by atomic mass is 16.8. The van der Waals surface area contributed by atoms with Gasteiger partial charge in [0.1, 0.15) is 12.2 Å². The van der Waals surface area contributed by atoms with Gasteiger partial charge in [0.05, 0.1) is 13.2 Å². The minimum absolute atomic E-state index is 0.144. The molecule has 51 heavy (non-hydrogen) atoms. The molecule has 0 spiro atoms. The zero-order chi connectivity index (χ0) is 38.5. The van der Waals surface area contributed by atoms with Crippen LogP contribution in [0.15, 0.2) is 54.6 Å². The summed E-state index contributed by atoms with van der Waals surface area (Å²) in [5.74, 6) is -11.3. The number of aliphatic carboxylic acids is 2. The van der Waals surface area contributed by atoms with Crippen molar-refractivity contribution in [2.45, 2.75) is 108 Å². The van der Waals surface area contributed by atoms with Crippen LogP contribution in [0, 0.1) is 17.8 Å². The van der Waals surface area contributed by atoms with E-state index in [4.69, 9.17) is 18.9 Å². The first kappa shape index (κ1) is 41.3. The zero-order valence-corrected chi connectivity index (χ0v) is 29.5. The summed E-state index contributed by atoms with van der Waals surface area (Å²) < 4.78 is 27.1. The van der Waals surface area contributed by atoms with Gasteiger partial charge >= 0.3 is 29.8 Å². The molecule has 0 aromatic heterocycles. The average molecular weight is 721 g/mol. The first-order valence-corrected chi connectivity index (χ1v) is 16.6. The quantitative estimate of drug-likeness (QED) is 0.0670. The lowest BCUT2D eigenvalue weighted by Gasteiger charge is -2.49. The smallest absolute Gasteiger partial charge is 0.344 e. The fraction of sp³-hybridized carbons (Fsp3) is 0.583. The SMILES string of the molecule is C=C(CC[C@]12O[C@H](C(=O)OC)[C@@](O)(C(=O)O)[C@](C(=O)O)(O1)[C@H](OC(=O)/C=C/[C@@H](C)C[C@@H](C)[C@H](C)O)[C@H]2O)[C@@H](OC(C)=O)[C@H](C)Cc1ccccc1. The number of hydrogen-bond acceptors (Lipinski definition) is 13. The number of aliphatic hydroxyl groups is 3. The maximum atomic E-state index is 13.1. The first-order chi connectivity index (χ1) is 23.8. The van der Waals surface area contributed by atoms with Crippen LogP contribution in [-0.4, -0.2) is 110 Å². The summed E-state index contributed by atoms with van der Waals surface area (Å²) in [7, 11) is 0.837. The Hall–Kier alpha value is -4.15. The van der Waals surface area contributed by atoms with Crippen molar-refractivity contribution in [3.05, 3.63) is 60.2 Å². The lowest BCUT2D eigenvalue weighted by molar-refractivity contribution is -0.374. The predicted octanol–water partition coefficient (Wildman–Crippen LogP) is 1.94. The Morgan fingerprint density at radius 2 is 1.65 bits per heavy atom. The van der Waals surface area contributed by atoms with Gasteiger partial charge in [-0.3, -0.25) is 4.79 Å². The summed E-state index contributed by atoms with van der Waals surface area (Å²) >= 11 is 0. The van der Waals surface area contributed by atoms with E-state index in [2.05, 4.69) is 11.3 Å².